The van der Waals surface area contributed by atoms with E-state index in [2.05, 4.69) is 5.32 Å². The van der Waals surface area contributed by atoms with Gasteiger partial charge < -0.3 is 10.1 Å². The second kappa shape index (κ2) is 7.07. The first-order chi connectivity index (χ1) is 10.5. The first kappa shape index (κ1) is 16.0. The highest BCUT2D eigenvalue weighted by Crippen LogP contribution is 2.16. The van der Waals surface area contributed by atoms with E-state index in [1.165, 1.54) is 12.1 Å². The Morgan fingerprint density at radius 3 is 2.14 bits per heavy atom. The Hall–Kier alpha value is -2.36. The second-order valence-electron chi connectivity index (χ2n) is 5.44. The van der Waals surface area contributed by atoms with Crippen LogP contribution in [0.25, 0.3) is 0 Å². The molecule has 0 heterocycles. The van der Waals surface area contributed by atoms with Gasteiger partial charge in [0.05, 0.1) is 12.1 Å². The van der Waals surface area contributed by atoms with Crippen molar-refractivity contribution >= 4 is 5.91 Å². The molecule has 22 heavy (non-hydrogen) atoms. The Morgan fingerprint density at radius 2 is 1.59 bits per heavy atom. The van der Waals surface area contributed by atoms with Crippen LogP contribution in [-0.2, 0) is 0 Å². The van der Waals surface area contributed by atoms with Crippen LogP contribution in [0.4, 0.5) is 4.39 Å². The summed E-state index contributed by atoms with van der Waals surface area (Å²) in [7, 11) is 0. The van der Waals surface area contributed by atoms with Crippen LogP contribution in [0.3, 0.4) is 0 Å². The molecule has 0 saturated carbocycles. The number of amides is 1. The first-order valence-electron chi connectivity index (χ1n) is 7.29. The lowest BCUT2D eigenvalue weighted by molar-refractivity contribution is 0.0940. The summed E-state index contributed by atoms with van der Waals surface area (Å²) in [5.74, 6) is 0.272. The molecule has 0 aliphatic carbocycles. The highest BCUT2D eigenvalue weighted by Gasteiger charge is 2.11. The standard InChI is InChI=1S/C18H20FNO2/c1-12(2)22-17-10-6-15(7-11-17)18(21)20-13(3)14-4-8-16(19)9-5-14/h4-13H,1-3H3,(H,20,21)/t13-/m1/s1. The molecule has 2 aromatic rings. The van der Waals surface area contributed by atoms with Crippen molar-refractivity contribution in [3.05, 3.63) is 65.5 Å². The molecule has 1 amide bonds. The molecule has 116 valence electrons. The monoisotopic (exact) mass is 301 g/mol. The van der Waals surface area contributed by atoms with E-state index >= 15 is 0 Å². The van der Waals surface area contributed by atoms with Gasteiger partial charge in [0.15, 0.2) is 0 Å². The van der Waals surface area contributed by atoms with Gasteiger partial charge in [-0.2, -0.15) is 0 Å². The molecule has 2 aromatic carbocycles. The lowest BCUT2D eigenvalue weighted by Gasteiger charge is -2.15. The van der Waals surface area contributed by atoms with Gasteiger partial charge in [-0.25, -0.2) is 4.39 Å². The molecule has 2 rings (SSSR count). The summed E-state index contributed by atoms with van der Waals surface area (Å²) in [5.41, 5.74) is 1.42. The van der Waals surface area contributed by atoms with Crippen molar-refractivity contribution in [3.63, 3.8) is 0 Å². The lowest BCUT2D eigenvalue weighted by Crippen LogP contribution is -2.26. The number of rotatable bonds is 5. The zero-order chi connectivity index (χ0) is 16.1. The molecule has 0 spiro atoms. The highest BCUT2D eigenvalue weighted by molar-refractivity contribution is 5.94. The van der Waals surface area contributed by atoms with Gasteiger partial charge in [0.2, 0.25) is 0 Å². The van der Waals surface area contributed by atoms with E-state index in [9.17, 15) is 9.18 Å². The maximum absolute atomic E-state index is 12.9. The van der Waals surface area contributed by atoms with Crippen molar-refractivity contribution in [1.82, 2.24) is 5.32 Å². The molecule has 3 nitrogen and oxygen atoms in total. The van der Waals surface area contributed by atoms with Gasteiger partial charge in [-0.15, -0.1) is 0 Å². The Morgan fingerprint density at radius 1 is 1.00 bits per heavy atom. The molecular weight excluding hydrogens is 281 g/mol. The summed E-state index contributed by atoms with van der Waals surface area (Å²) in [6.45, 7) is 5.76. The third kappa shape index (κ3) is 4.32. The largest absolute Gasteiger partial charge is 0.491 e. The van der Waals surface area contributed by atoms with Crippen molar-refractivity contribution < 1.29 is 13.9 Å². The van der Waals surface area contributed by atoms with Crippen LogP contribution in [0, 0.1) is 5.82 Å². The second-order valence-corrected chi connectivity index (χ2v) is 5.44. The number of halogens is 1. The van der Waals surface area contributed by atoms with Gasteiger partial charge in [-0.3, -0.25) is 4.79 Å². The van der Waals surface area contributed by atoms with Crippen LogP contribution < -0.4 is 10.1 Å². The van der Waals surface area contributed by atoms with Crippen LogP contribution in [0.1, 0.15) is 42.7 Å². The smallest absolute Gasteiger partial charge is 0.251 e. The predicted octanol–water partition coefficient (Wildman–Crippen LogP) is 4.10. The molecule has 0 radical (unpaired) electrons. The fourth-order valence-electron chi connectivity index (χ4n) is 2.07. The normalized spacial score (nSPS) is 12.0. The van der Waals surface area contributed by atoms with E-state index in [4.69, 9.17) is 4.74 Å². The molecule has 0 aliphatic heterocycles. The molecule has 1 atom stereocenters. The van der Waals surface area contributed by atoms with Crippen molar-refractivity contribution in [1.29, 1.82) is 0 Å². The van der Waals surface area contributed by atoms with Crippen LogP contribution in [0.2, 0.25) is 0 Å². The number of hydrogen-bond acceptors (Lipinski definition) is 2. The van der Waals surface area contributed by atoms with E-state index in [0.29, 0.717) is 5.56 Å². The Bertz CT molecular complexity index is 621. The molecular formula is C18H20FNO2. The zero-order valence-electron chi connectivity index (χ0n) is 13.0. The lowest BCUT2D eigenvalue weighted by atomic mass is 10.1. The van der Waals surface area contributed by atoms with Crippen LogP contribution in [0.15, 0.2) is 48.5 Å². The minimum atomic E-state index is -0.289. The summed E-state index contributed by atoms with van der Waals surface area (Å²) in [4.78, 5) is 12.2. The van der Waals surface area contributed by atoms with Crippen LogP contribution in [-0.4, -0.2) is 12.0 Å². The van der Waals surface area contributed by atoms with Gasteiger partial charge in [0.25, 0.3) is 5.91 Å². The average molecular weight is 301 g/mol. The number of carbonyl (C=O) groups is 1. The molecule has 0 bridgehead atoms. The molecule has 0 fully saturated rings. The minimum Gasteiger partial charge on any atom is -0.491 e. The van der Waals surface area contributed by atoms with Gasteiger partial charge in [0.1, 0.15) is 11.6 Å². The summed E-state index contributed by atoms with van der Waals surface area (Å²) >= 11 is 0. The summed E-state index contributed by atoms with van der Waals surface area (Å²) in [6.07, 6.45) is 0.0955. The fraction of sp³-hybridized carbons (Fsp3) is 0.278. The number of nitrogens with one attached hydrogen (secondary N) is 1. The molecule has 0 unspecified atom stereocenters. The maximum Gasteiger partial charge on any atom is 0.251 e. The molecule has 4 heteroatoms. The summed E-state index contributed by atoms with van der Waals surface area (Å²) in [5, 5.41) is 2.89. The quantitative estimate of drug-likeness (QED) is 0.902. The number of benzene rings is 2. The minimum absolute atomic E-state index is 0.0955. The zero-order valence-corrected chi connectivity index (χ0v) is 13.0. The Balaban J connectivity index is 2.00. The van der Waals surface area contributed by atoms with Crippen molar-refractivity contribution in [3.8, 4) is 5.75 Å². The topological polar surface area (TPSA) is 38.3 Å². The van der Waals surface area contributed by atoms with Gasteiger partial charge in [-0.1, -0.05) is 12.1 Å². The third-order valence-corrected chi connectivity index (χ3v) is 3.21. The highest BCUT2D eigenvalue weighted by atomic mass is 19.1. The van der Waals surface area contributed by atoms with Crippen LogP contribution in [0.5, 0.6) is 5.75 Å². The van der Waals surface area contributed by atoms with Crippen molar-refractivity contribution in [2.24, 2.45) is 0 Å². The maximum atomic E-state index is 12.9. The SMILES string of the molecule is CC(C)Oc1ccc(C(=O)N[C@H](C)c2ccc(F)cc2)cc1. The van der Waals surface area contributed by atoms with E-state index in [1.54, 1.807) is 36.4 Å². The van der Waals surface area contributed by atoms with E-state index in [0.717, 1.165) is 11.3 Å². The molecule has 1 N–H and O–H groups in total. The van der Waals surface area contributed by atoms with Gasteiger partial charge in [-0.05, 0) is 62.7 Å². The Labute approximate surface area is 130 Å². The van der Waals surface area contributed by atoms with E-state index in [1.807, 2.05) is 20.8 Å². The van der Waals surface area contributed by atoms with E-state index in [-0.39, 0.29) is 23.9 Å². The summed E-state index contributed by atoms with van der Waals surface area (Å²) < 4.78 is 18.4. The van der Waals surface area contributed by atoms with Gasteiger partial charge >= 0.3 is 0 Å². The van der Waals surface area contributed by atoms with E-state index < -0.39 is 0 Å². The predicted molar refractivity (Wildman–Crippen MR) is 84.5 cm³/mol. The van der Waals surface area contributed by atoms with Crippen molar-refractivity contribution in [2.75, 3.05) is 0 Å². The first-order valence-corrected chi connectivity index (χ1v) is 7.29. The number of ether oxygens (including phenoxy) is 1. The molecule has 0 saturated heterocycles. The van der Waals surface area contributed by atoms with Gasteiger partial charge in [0, 0.05) is 5.56 Å². The van der Waals surface area contributed by atoms with Crippen molar-refractivity contribution in [2.45, 2.75) is 32.9 Å². The average Bonchev–Trinajstić information content (AvgIpc) is 2.48. The van der Waals surface area contributed by atoms with Crippen LogP contribution >= 0.6 is 0 Å². The molecule has 0 aromatic heterocycles. The third-order valence-electron chi connectivity index (χ3n) is 3.21. The number of carbonyl (C=O) groups excluding carboxylic acids is 1. The fourth-order valence-corrected chi connectivity index (χ4v) is 2.07. The summed E-state index contributed by atoms with van der Waals surface area (Å²) in [6, 6.07) is 12.9. The molecule has 0 aliphatic rings. The number of hydrogen-bond donors (Lipinski definition) is 1. The Kier molecular flexibility index (Phi) is 5.15.